The highest BCUT2D eigenvalue weighted by molar-refractivity contribution is 6.32. The Kier molecular flexibility index (Phi) is 4.05. The minimum absolute atomic E-state index is 0.153. The number of aromatic nitrogens is 1. The molecule has 0 radical (unpaired) electrons. The van der Waals surface area contributed by atoms with Crippen LogP contribution in [0.2, 0.25) is 5.15 Å². The molecule has 1 aromatic heterocycles. The zero-order chi connectivity index (χ0) is 11.4. The number of anilines is 1. The Balaban J connectivity index is 2.71. The van der Waals surface area contributed by atoms with E-state index in [1.54, 1.807) is 32.2 Å². The van der Waals surface area contributed by atoms with Crippen LogP contribution in [0.3, 0.4) is 0 Å². The quantitative estimate of drug-likeness (QED) is 0.772. The summed E-state index contributed by atoms with van der Waals surface area (Å²) in [6.07, 6.45) is 1.56. The van der Waals surface area contributed by atoms with E-state index in [2.05, 4.69) is 10.3 Å². The summed E-state index contributed by atoms with van der Waals surface area (Å²) >= 11 is 5.80. The molecule has 3 N–H and O–H groups in total. The maximum Gasteiger partial charge on any atom is 0.228 e. The normalized spacial score (nSPS) is 14.4. The summed E-state index contributed by atoms with van der Waals surface area (Å²) in [7, 11) is 0. The zero-order valence-electron chi connectivity index (χ0n) is 8.70. The van der Waals surface area contributed by atoms with Crippen LogP contribution in [0.15, 0.2) is 18.3 Å². The topological polar surface area (TPSA) is 68.0 Å². The number of hydrogen-bond acceptors (Lipinski definition) is 3. The number of nitrogens with two attached hydrogens (primary N) is 1. The van der Waals surface area contributed by atoms with Crippen LogP contribution < -0.4 is 11.1 Å². The van der Waals surface area contributed by atoms with Gasteiger partial charge >= 0.3 is 0 Å². The monoisotopic (exact) mass is 227 g/mol. The lowest BCUT2D eigenvalue weighted by atomic mass is 10.0. The van der Waals surface area contributed by atoms with Gasteiger partial charge in [-0.05, 0) is 19.1 Å². The van der Waals surface area contributed by atoms with E-state index in [-0.39, 0.29) is 23.0 Å². The molecule has 0 spiro atoms. The van der Waals surface area contributed by atoms with Crippen molar-refractivity contribution in [3.05, 3.63) is 23.5 Å². The summed E-state index contributed by atoms with van der Waals surface area (Å²) in [5.41, 5.74) is 6.13. The van der Waals surface area contributed by atoms with E-state index in [1.165, 1.54) is 0 Å². The number of nitrogens with one attached hydrogen (secondary N) is 1. The average Bonchev–Trinajstić information content (AvgIpc) is 2.20. The molecule has 15 heavy (non-hydrogen) atoms. The zero-order valence-corrected chi connectivity index (χ0v) is 9.45. The van der Waals surface area contributed by atoms with E-state index in [4.69, 9.17) is 17.3 Å². The van der Waals surface area contributed by atoms with E-state index in [0.29, 0.717) is 5.69 Å². The Labute approximate surface area is 93.8 Å². The van der Waals surface area contributed by atoms with Crippen LogP contribution in [-0.4, -0.2) is 16.9 Å². The Bertz CT molecular complexity index is 354. The summed E-state index contributed by atoms with van der Waals surface area (Å²) in [5.74, 6) is -0.416. The second-order valence-corrected chi connectivity index (χ2v) is 3.84. The van der Waals surface area contributed by atoms with Crippen molar-refractivity contribution in [1.29, 1.82) is 0 Å². The number of carbonyl (C=O) groups excluding carboxylic acids is 1. The molecule has 4 nitrogen and oxygen atoms in total. The molecule has 2 atom stereocenters. The van der Waals surface area contributed by atoms with Crippen molar-refractivity contribution >= 4 is 23.2 Å². The first-order valence-electron chi connectivity index (χ1n) is 4.69. The third-order valence-corrected chi connectivity index (χ3v) is 2.52. The van der Waals surface area contributed by atoms with Crippen molar-refractivity contribution in [3.63, 3.8) is 0 Å². The molecule has 0 aliphatic carbocycles. The lowest BCUT2D eigenvalue weighted by Gasteiger charge is -2.15. The van der Waals surface area contributed by atoms with E-state index < -0.39 is 0 Å². The molecule has 1 rings (SSSR count). The van der Waals surface area contributed by atoms with Gasteiger partial charge in [0.1, 0.15) is 0 Å². The molecular weight excluding hydrogens is 214 g/mol. The predicted molar refractivity (Wildman–Crippen MR) is 60.7 cm³/mol. The van der Waals surface area contributed by atoms with Crippen molar-refractivity contribution in [2.24, 2.45) is 11.7 Å². The van der Waals surface area contributed by atoms with Crippen molar-refractivity contribution < 1.29 is 4.79 Å². The molecular formula is C10H14ClN3O. The lowest BCUT2D eigenvalue weighted by Crippen LogP contribution is -2.34. The van der Waals surface area contributed by atoms with Crippen LogP contribution in [0.1, 0.15) is 13.8 Å². The van der Waals surface area contributed by atoms with Crippen LogP contribution >= 0.6 is 11.6 Å². The maximum atomic E-state index is 11.6. The fourth-order valence-electron chi connectivity index (χ4n) is 0.965. The summed E-state index contributed by atoms with van der Waals surface area (Å²) in [4.78, 5) is 15.5. The van der Waals surface area contributed by atoms with Gasteiger partial charge in [0.15, 0.2) is 5.15 Å². The lowest BCUT2D eigenvalue weighted by molar-refractivity contribution is -0.119. The summed E-state index contributed by atoms with van der Waals surface area (Å²) < 4.78 is 0. The van der Waals surface area contributed by atoms with E-state index >= 15 is 0 Å². The van der Waals surface area contributed by atoms with E-state index in [0.717, 1.165) is 0 Å². The fourth-order valence-corrected chi connectivity index (χ4v) is 1.13. The number of rotatable bonds is 3. The second kappa shape index (κ2) is 5.09. The van der Waals surface area contributed by atoms with Crippen LogP contribution in [0.25, 0.3) is 0 Å². The first-order chi connectivity index (χ1) is 7.02. The molecule has 0 aromatic carbocycles. The average molecular weight is 228 g/mol. The van der Waals surface area contributed by atoms with Gasteiger partial charge in [0.25, 0.3) is 0 Å². The standard InChI is InChI=1S/C10H14ClN3O/c1-6(7(2)12)10(15)14-8-4-3-5-13-9(8)11/h3-7H,12H2,1-2H3,(H,14,15). The molecule has 2 unspecified atom stereocenters. The number of nitrogens with zero attached hydrogens (tertiary/aromatic N) is 1. The van der Waals surface area contributed by atoms with Gasteiger partial charge in [-0.25, -0.2) is 4.98 Å². The van der Waals surface area contributed by atoms with Crippen molar-refractivity contribution in [3.8, 4) is 0 Å². The van der Waals surface area contributed by atoms with Gasteiger partial charge in [0, 0.05) is 12.2 Å². The van der Waals surface area contributed by atoms with Crippen LogP contribution in [0.4, 0.5) is 5.69 Å². The van der Waals surface area contributed by atoms with Crippen LogP contribution in [-0.2, 0) is 4.79 Å². The Hall–Kier alpha value is -1.13. The molecule has 0 saturated carbocycles. The summed E-state index contributed by atoms with van der Waals surface area (Å²) in [6.45, 7) is 3.55. The molecule has 0 bridgehead atoms. The smallest absolute Gasteiger partial charge is 0.228 e. The molecule has 0 fully saturated rings. The largest absolute Gasteiger partial charge is 0.327 e. The number of halogens is 1. The fraction of sp³-hybridized carbons (Fsp3) is 0.400. The molecule has 0 aliphatic heterocycles. The maximum absolute atomic E-state index is 11.6. The SMILES string of the molecule is CC(N)C(C)C(=O)Nc1cccnc1Cl. The number of hydrogen-bond donors (Lipinski definition) is 2. The third kappa shape index (κ3) is 3.18. The minimum Gasteiger partial charge on any atom is -0.327 e. The van der Waals surface area contributed by atoms with E-state index in [1.807, 2.05) is 0 Å². The predicted octanol–water partition coefficient (Wildman–Crippen LogP) is 1.66. The highest BCUT2D eigenvalue weighted by Gasteiger charge is 2.17. The van der Waals surface area contributed by atoms with Gasteiger partial charge in [-0.3, -0.25) is 4.79 Å². The molecule has 0 aliphatic rings. The Morgan fingerprint density at radius 2 is 2.27 bits per heavy atom. The van der Waals surface area contributed by atoms with E-state index in [9.17, 15) is 4.79 Å². The van der Waals surface area contributed by atoms with Crippen molar-refractivity contribution in [2.75, 3.05) is 5.32 Å². The molecule has 1 heterocycles. The van der Waals surface area contributed by atoms with Gasteiger partial charge in [0.05, 0.1) is 11.6 Å². The molecule has 5 heteroatoms. The molecule has 1 amide bonds. The van der Waals surface area contributed by atoms with Gasteiger partial charge < -0.3 is 11.1 Å². The number of carbonyl (C=O) groups is 1. The second-order valence-electron chi connectivity index (χ2n) is 3.48. The van der Waals surface area contributed by atoms with Crippen LogP contribution in [0, 0.1) is 5.92 Å². The van der Waals surface area contributed by atoms with Crippen molar-refractivity contribution in [2.45, 2.75) is 19.9 Å². The highest BCUT2D eigenvalue weighted by atomic mass is 35.5. The van der Waals surface area contributed by atoms with Gasteiger partial charge in [-0.2, -0.15) is 0 Å². The third-order valence-electron chi connectivity index (χ3n) is 2.22. The number of amides is 1. The molecule has 0 saturated heterocycles. The first kappa shape index (κ1) is 11.9. The Morgan fingerprint density at radius 1 is 1.60 bits per heavy atom. The minimum atomic E-state index is -0.263. The van der Waals surface area contributed by atoms with Gasteiger partial charge in [-0.15, -0.1) is 0 Å². The van der Waals surface area contributed by atoms with Crippen LogP contribution in [0.5, 0.6) is 0 Å². The highest BCUT2D eigenvalue weighted by Crippen LogP contribution is 2.18. The van der Waals surface area contributed by atoms with Crippen molar-refractivity contribution in [1.82, 2.24) is 4.98 Å². The van der Waals surface area contributed by atoms with Gasteiger partial charge in [-0.1, -0.05) is 18.5 Å². The van der Waals surface area contributed by atoms with Gasteiger partial charge in [0.2, 0.25) is 5.91 Å². The number of pyridine rings is 1. The molecule has 1 aromatic rings. The summed E-state index contributed by atoms with van der Waals surface area (Å²) in [6, 6.07) is 3.21. The first-order valence-corrected chi connectivity index (χ1v) is 5.07. The Morgan fingerprint density at radius 3 is 2.80 bits per heavy atom. The molecule has 82 valence electrons. The summed E-state index contributed by atoms with van der Waals surface area (Å²) in [5, 5.41) is 2.96.